The number of aromatic nitrogens is 2. The van der Waals surface area contributed by atoms with Gasteiger partial charge in [0.15, 0.2) is 0 Å². The van der Waals surface area contributed by atoms with Gasteiger partial charge in [-0.25, -0.2) is 4.98 Å². The largest absolute Gasteiger partial charge is 0.352 e. The molecule has 31 heavy (non-hydrogen) atoms. The van der Waals surface area contributed by atoms with Crippen LogP contribution >= 0.6 is 39.1 Å². The van der Waals surface area contributed by atoms with Crippen LogP contribution in [0.25, 0.3) is 11.0 Å². The number of carbonyl (C=O) groups is 1. The van der Waals surface area contributed by atoms with E-state index in [0.29, 0.717) is 28.7 Å². The van der Waals surface area contributed by atoms with Crippen molar-refractivity contribution in [3.63, 3.8) is 0 Å². The zero-order valence-electron chi connectivity index (χ0n) is 16.6. The van der Waals surface area contributed by atoms with Crippen molar-refractivity contribution in [1.29, 1.82) is 0 Å². The fraction of sp³-hybridized carbons (Fsp3) is 0.167. The number of fused-ring (bicyclic) bond motifs is 1. The molecule has 4 rings (SSSR count). The van der Waals surface area contributed by atoms with E-state index in [9.17, 15) is 4.79 Å². The van der Waals surface area contributed by atoms with Crippen LogP contribution < -0.4 is 5.32 Å². The zero-order chi connectivity index (χ0) is 21.8. The second-order valence-electron chi connectivity index (χ2n) is 7.22. The van der Waals surface area contributed by atoms with Crippen molar-refractivity contribution in [1.82, 2.24) is 14.9 Å². The average Bonchev–Trinajstić information content (AvgIpc) is 3.11. The van der Waals surface area contributed by atoms with Crippen LogP contribution in [0.15, 0.2) is 71.2 Å². The van der Waals surface area contributed by atoms with E-state index in [4.69, 9.17) is 28.2 Å². The highest BCUT2D eigenvalue weighted by Crippen LogP contribution is 2.25. The molecular formula is C24H20BrCl2N3O. The molecular weight excluding hydrogens is 497 g/mol. The van der Waals surface area contributed by atoms with Gasteiger partial charge in [0, 0.05) is 29.5 Å². The van der Waals surface area contributed by atoms with Gasteiger partial charge in [-0.1, -0.05) is 63.4 Å². The molecule has 1 amide bonds. The number of nitrogens with zero attached hydrogens (tertiary/aromatic N) is 2. The lowest BCUT2D eigenvalue weighted by Gasteiger charge is -2.11. The summed E-state index contributed by atoms with van der Waals surface area (Å²) < 4.78 is 3.08. The highest BCUT2D eigenvalue weighted by molar-refractivity contribution is 9.10. The minimum Gasteiger partial charge on any atom is -0.352 e. The Morgan fingerprint density at radius 1 is 1.00 bits per heavy atom. The van der Waals surface area contributed by atoms with Crippen LogP contribution in [0, 0.1) is 0 Å². The molecule has 0 saturated carbocycles. The molecule has 0 unspecified atom stereocenters. The lowest BCUT2D eigenvalue weighted by Crippen LogP contribution is -2.25. The van der Waals surface area contributed by atoms with Crippen LogP contribution in [0.4, 0.5) is 0 Å². The molecule has 4 aromatic rings. The van der Waals surface area contributed by atoms with E-state index in [0.717, 1.165) is 39.7 Å². The van der Waals surface area contributed by atoms with E-state index in [2.05, 4.69) is 31.9 Å². The summed E-state index contributed by atoms with van der Waals surface area (Å²) in [4.78, 5) is 17.2. The van der Waals surface area contributed by atoms with Crippen LogP contribution in [0.3, 0.4) is 0 Å². The molecule has 1 heterocycles. The predicted molar refractivity (Wildman–Crippen MR) is 130 cm³/mol. The van der Waals surface area contributed by atoms with Gasteiger partial charge >= 0.3 is 0 Å². The van der Waals surface area contributed by atoms with Crippen molar-refractivity contribution in [2.24, 2.45) is 0 Å². The number of imidazole rings is 1. The topological polar surface area (TPSA) is 46.9 Å². The van der Waals surface area contributed by atoms with Crippen LogP contribution in [-0.2, 0) is 13.0 Å². The number of hydrogen-bond acceptors (Lipinski definition) is 2. The lowest BCUT2D eigenvalue weighted by atomic mass is 10.2. The Morgan fingerprint density at radius 3 is 2.65 bits per heavy atom. The first-order valence-electron chi connectivity index (χ1n) is 9.93. The SMILES string of the molecule is O=C(NCCCc1nc2ccccc2n1Cc1ccc(Cl)c(Cl)c1)c1cccc(Br)c1. The third-order valence-corrected chi connectivity index (χ3v) is 6.24. The highest BCUT2D eigenvalue weighted by Gasteiger charge is 2.12. The number of benzene rings is 3. The number of para-hydroxylation sites is 2. The highest BCUT2D eigenvalue weighted by atomic mass is 79.9. The van der Waals surface area contributed by atoms with Gasteiger partial charge in [0.05, 0.1) is 21.1 Å². The van der Waals surface area contributed by atoms with Crippen LogP contribution in [-0.4, -0.2) is 22.0 Å². The Morgan fingerprint density at radius 2 is 1.84 bits per heavy atom. The molecule has 0 aliphatic heterocycles. The van der Waals surface area contributed by atoms with Gasteiger partial charge in [-0.2, -0.15) is 0 Å². The minimum absolute atomic E-state index is 0.0781. The van der Waals surface area contributed by atoms with Crippen LogP contribution in [0.2, 0.25) is 10.0 Å². The van der Waals surface area contributed by atoms with E-state index >= 15 is 0 Å². The molecule has 1 aromatic heterocycles. The molecule has 0 spiro atoms. The number of nitrogens with one attached hydrogen (secondary N) is 1. The second kappa shape index (κ2) is 9.86. The van der Waals surface area contributed by atoms with E-state index in [-0.39, 0.29) is 5.91 Å². The summed E-state index contributed by atoms with van der Waals surface area (Å²) in [5.41, 5.74) is 3.72. The molecule has 0 saturated heterocycles. The number of rotatable bonds is 7. The van der Waals surface area contributed by atoms with Gasteiger partial charge in [0.1, 0.15) is 5.82 Å². The summed E-state index contributed by atoms with van der Waals surface area (Å²) in [5.74, 6) is 0.898. The van der Waals surface area contributed by atoms with Gasteiger partial charge in [0.25, 0.3) is 5.91 Å². The molecule has 0 bridgehead atoms. The van der Waals surface area contributed by atoms with Crippen molar-refractivity contribution in [2.75, 3.05) is 6.54 Å². The molecule has 4 nitrogen and oxygen atoms in total. The van der Waals surface area contributed by atoms with Crippen molar-refractivity contribution >= 4 is 56.1 Å². The number of aryl methyl sites for hydroxylation is 1. The smallest absolute Gasteiger partial charge is 0.251 e. The maximum Gasteiger partial charge on any atom is 0.251 e. The van der Waals surface area contributed by atoms with E-state index in [1.165, 1.54) is 0 Å². The summed E-state index contributed by atoms with van der Waals surface area (Å²) in [6, 6.07) is 21.1. The van der Waals surface area contributed by atoms with Gasteiger partial charge in [-0.05, 0) is 54.4 Å². The van der Waals surface area contributed by atoms with Crippen molar-refractivity contribution in [3.8, 4) is 0 Å². The first kappa shape index (κ1) is 21.9. The van der Waals surface area contributed by atoms with Gasteiger partial charge in [-0.15, -0.1) is 0 Å². The molecule has 1 N–H and O–H groups in total. The quantitative estimate of drug-likeness (QED) is 0.284. The Bertz CT molecular complexity index is 1240. The standard InChI is InChI=1S/C24H20BrCl2N3O/c25-18-6-3-5-17(14-18)24(31)28-12-4-9-23-29-21-7-1-2-8-22(21)30(23)15-16-10-11-19(26)20(27)13-16/h1-3,5-8,10-11,13-14H,4,9,12,15H2,(H,28,31). The van der Waals surface area contributed by atoms with Crippen LogP contribution in [0.1, 0.15) is 28.2 Å². The number of halogens is 3. The first-order valence-corrected chi connectivity index (χ1v) is 11.5. The monoisotopic (exact) mass is 515 g/mol. The molecule has 0 atom stereocenters. The molecule has 0 fully saturated rings. The van der Waals surface area contributed by atoms with Crippen molar-refractivity contribution in [2.45, 2.75) is 19.4 Å². The van der Waals surface area contributed by atoms with Crippen molar-refractivity contribution < 1.29 is 4.79 Å². The third-order valence-electron chi connectivity index (χ3n) is 5.01. The minimum atomic E-state index is -0.0781. The summed E-state index contributed by atoms with van der Waals surface area (Å²) in [6.07, 6.45) is 1.53. The number of carbonyl (C=O) groups excluding carboxylic acids is 1. The van der Waals surface area contributed by atoms with Crippen molar-refractivity contribution in [3.05, 3.63) is 98.2 Å². The average molecular weight is 517 g/mol. The molecule has 3 aromatic carbocycles. The maximum atomic E-state index is 12.3. The van der Waals surface area contributed by atoms with Gasteiger partial charge < -0.3 is 9.88 Å². The number of hydrogen-bond donors (Lipinski definition) is 1. The summed E-state index contributed by atoms with van der Waals surface area (Å²) in [5, 5.41) is 4.07. The first-order chi connectivity index (χ1) is 15.0. The molecule has 0 aliphatic rings. The Kier molecular flexibility index (Phi) is 6.96. The van der Waals surface area contributed by atoms with Gasteiger partial charge in [0.2, 0.25) is 0 Å². The third kappa shape index (κ3) is 5.29. The molecule has 0 radical (unpaired) electrons. The van der Waals surface area contributed by atoms with E-state index in [1.807, 2.05) is 54.6 Å². The van der Waals surface area contributed by atoms with Crippen LogP contribution in [0.5, 0.6) is 0 Å². The summed E-state index contributed by atoms with van der Waals surface area (Å²) >= 11 is 15.7. The lowest BCUT2D eigenvalue weighted by molar-refractivity contribution is 0.0953. The van der Waals surface area contributed by atoms with Gasteiger partial charge in [-0.3, -0.25) is 4.79 Å². The number of amides is 1. The molecule has 0 aliphatic carbocycles. The Labute approximate surface area is 199 Å². The second-order valence-corrected chi connectivity index (χ2v) is 8.95. The normalized spacial score (nSPS) is 11.1. The molecule has 7 heteroatoms. The Balaban J connectivity index is 1.46. The predicted octanol–water partition coefficient (Wildman–Crippen LogP) is 6.52. The zero-order valence-corrected chi connectivity index (χ0v) is 19.7. The van der Waals surface area contributed by atoms with E-state index < -0.39 is 0 Å². The summed E-state index contributed by atoms with van der Waals surface area (Å²) in [6.45, 7) is 1.22. The fourth-order valence-electron chi connectivity index (χ4n) is 3.49. The van der Waals surface area contributed by atoms with E-state index in [1.54, 1.807) is 6.07 Å². The molecule has 158 valence electrons. The fourth-order valence-corrected chi connectivity index (χ4v) is 4.21. The maximum absolute atomic E-state index is 12.3. The Hall–Kier alpha value is -2.34. The summed E-state index contributed by atoms with van der Waals surface area (Å²) in [7, 11) is 0.